The van der Waals surface area contributed by atoms with Gasteiger partial charge in [0.25, 0.3) is 0 Å². The van der Waals surface area contributed by atoms with Gasteiger partial charge in [0.2, 0.25) is 0 Å². The van der Waals surface area contributed by atoms with Gasteiger partial charge in [-0.2, -0.15) is 0 Å². The molecule has 0 saturated carbocycles. The van der Waals surface area contributed by atoms with Crippen molar-refractivity contribution in [1.29, 1.82) is 0 Å². The van der Waals surface area contributed by atoms with Gasteiger partial charge in [-0.25, -0.2) is 0 Å². The summed E-state index contributed by atoms with van der Waals surface area (Å²) in [6, 6.07) is 9.14. The maximum absolute atomic E-state index is 11.7. The zero-order valence-corrected chi connectivity index (χ0v) is 10.0. The van der Waals surface area contributed by atoms with Crippen LogP contribution in [0.5, 0.6) is 0 Å². The molecular formula is C13H16O4. The third-order valence-electron chi connectivity index (χ3n) is 2.23. The smallest absolute Gasteiger partial charge is 0.316 e. The van der Waals surface area contributed by atoms with E-state index in [1.165, 1.54) is 6.92 Å². The van der Waals surface area contributed by atoms with E-state index in [2.05, 4.69) is 0 Å². The Morgan fingerprint density at radius 1 is 1.18 bits per heavy atom. The van der Waals surface area contributed by atoms with Gasteiger partial charge in [-0.3, -0.25) is 9.59 Å². The first-order valence-electron chi connectivity index (χ1n) is 5.50. The van der Waals surface area contributed by atoms with E-state index in [-0.39, 0.29) is 12.6 Å². The Morgan fingerprint density at radius 3 is 2.35 bits per heavy atom. The van der Waals surface area contributed by atoms with Crippen LogP contribution >= 0.6 is 0 Å². The van der Waals surface area contributed by atoms with Crippen LogP contribution in [0.15, 0.2) is 30.3 Å². The zero-order valence-electron chi connectivity index (χ0n) is 10.0. The number of hydrogen-bond acceptors (Lipinski definition) is 4. The topological polar surface area (TPSA) is 52.6 Å². The summed E-state index contributed by atoms with van der Waals surface area (Å²) >= 11 is 0. The molecule has 0 aliphatic rings. The van der Waals surface area contributed by atoms with Crippen molar-refractivity contribution in [2.75, 3.05) is 13.2 Å². The third kappa shape index (κ3) is 4.26. The summed E-state index contributed by atoms with van der Waals surface area (Å²) < 4.78 is 9.85. The second-order valence-corrected chi connectivity index (χ2v) is 3.52. The standard InChI is InChI=1S/C13H16O4/c1-3-16-13(15)12(9-17-10(2)14)11-7-5-4-6-8-11/h4-8,12H,3,9H2,1-2H3/t12-/m0/s1. The molecule has 1 aromatic carbocycles. The second kappa shape index (κ2) is 6.68. The van der Waals surface area contributed by atoms with Gasteiger partial charge in [0.05, 0.1) is 6.61 Å². The predicted molar refractivity (Wildman–Crippen MR) is 62.4 cm³/mol. The molecule has 0 aliphatic carbocycles. The Hall–Kier alpha value is -1.84. The van der Waals surface area contributed by atoms with Crippen LogP contribution in [-0.2, 0) is 19.1 Å². The Bertz CT molecular complexity index is 372. The highest BCUT2D eigenvalue weighted by Gasteiger charge is 2.23. The van der Waals surface area contributed by atoms with Gasteiger partial charge in [-0.1, -0.05) is 30.3 Å². The Kier molecular flexibility index (Phi) is 5.20. The van der Waals surface area contributed by atoms with Crippen LogP contribution in [-0.4, -0.2) is 25.2 Å². The monoisotopic (exact) mass is 236 g/mol. The summed E-state index contributed by atoms with van der Waals surface area (Å²) in [6.45, 7) is 3.37. The van der Waals surface area contributed by atoms with Crippen LogP contribution in [0.2, 0.25) is 0 Å². The molecule has 92 valence electrons. The number of carbonyl (C=O) groups excluding carboxylic acids is 2. The fourth-order valence-electron chi connectivity index (χ4n) is 1.43. The molecule has 0 heterocycles. The third-order valence-corrected chi connectivity index (χ3v) is 2.23. The number of esters is 2. The van der Waals surface area contributed by atoms with E-state index in [1.807, 2.05) is 30.3 Å². The Balaban J connectivity index is 2.78. The molecule has 0 saturated heterocycles. The van der Waals surface area contributed by atoms with Gasteiger partial charge in [0.15, 0.2) is 0 Å². The van der Waals surface area contributed by atoms with Crippen molar-refractivity contribution in [3.05, 3.63) is 35.9 Å². The molecule has 1 rings (SSSR count). The van der Waals surface area contributed by atoms with Crippen molar-refractivity contribution >= 4 is 11.9 Å². The number of carbonyl (C=O) groups is 2. The molecule has 0 aromatic heterocycles. The van der Waals surface area contributed by atoms with Crippen molar-refractivity contribution in [3.8, 4) is 0 Å². The van der Waals surface area contributed by atoms with Gasteiger partial charge in [0.1, 0.15) is 12.5 Å². The minimum Gasteiger partial charge on any atom is -0.465 e. The van der Waals surface area contributed by atoms with E-state index in [1.54, 1.807) is 6.92 Å². The molecule has 0 bridgehead atoms. The van der Waals surface area contributed by atoms with Crippen LogP contribution < -0.4 is 0 Å². The molecule has 4 heteroatoms. The highest BCUT2D eigenvalue weighted by Crippen LogP contribution is 2.17. The summed E-state index contributed by atoms with van der Waals surface area (Å²) in [6.07, 6.45) is 0. The Labute approximate surface area is 101 Å². The molecule has 0 spiro atoms. The van der Waals surface area contributed by atoms with Crippen LogP contribution in [0.1, 0.15) is 25.3 Å². The molecule has 0 unspecified atom stereocenters. The fourth-order valence-corrected chi connectivity index (χ4v) is 1.43. The van der Waals surface area contributed by atoms with Crippen LogP contribution in [0.3, 0.4) is 0 Å². The number of benzene rings is 1. The predicted octanol–water partition coefficient (Wildman–Crippen LogP) is 1.90. The minimum absolute atomic E-state index is 0.0121. The van der Waals surface area contributed by atoms with Crippen LogP contribution in [0, 0.1) is 0 Å². The number of hydrogen-bond donors (Lipinski definition) is 0. The van der Waals surface area contributed by atoms with Crippen molar-refractivity contribution in [1.82, 2.24) is 0 Å². The molecule has 17 heavy (non-hydrogen) atoms. The van der Waals surface area contributed by atoms with E-state index < -0.39 is 11.9 Å². The lowest BCUT2D eigenvalue weighted by Gasteiger charge is -2.15. The lowest BCUT2D eigenvalue weighted by Crippen LogP contribution is -2.22. The normalized spacial score (nSPS) is 11.6. The summed E-state index contributed by atoms with van der Waals surface area (Å²) in [5.41, 5.74) is 0.784. The summed E-state index contributed by atoms with van der Waals surface area (Å²) in [5, 5.41) is 0. The average molecular weight is 236 g/mol. The maximum Gasteiger partial charge on any atom is 0.316 e. The first kappa shape index (κ1) is 13.2. The number of ether oxygens (including phenoxy) is 2. The quantitative estimate of drug-likeness (QED) is 0.733. The van der Waals surface area contributed by atoms with Crippen LogP contribution in [0.25, 0.3) is 0 Å². The molecule has 1 aromatic rings. The first-order chi connectivity index (χ1) is 8.15. The lowest BCUT2D eigenvalue weighted by atomic mass is 10.0. The van der Waals surface area contributed by atoms with Gasteiger partial charge in [-0.05, 0) is 12.5 Å². The minimum atomic E-state index is -0.556. The molecule has 4 nitrogen and oxygen atoms in total. The molecule has 1 atom stereocenters. The molecule has 0 amide bonds. The van der Waals surface area contributed by atoms with E-state index in [9.17, 15) is 9.59 Å². The van der Waals surface area contributed by atoms with Crippen molar-refractivity contribution in [2.45, 2.75) is 19.8 Å². The molecule has 0 aliphatic heterocycles. The van der Waals surface area contributed by atoms with Gasteiger partial charge < -0.3 is 9.47 Å². The largest absolute Gasteiger partial charge is 0.465 e. The van der Waals surface area contributed by atoms with Crippen molar-refractivity contribution < 1.29 is 19.1 Å². The summed E-state index contributed by atoms with van der Waals surface area (Å²) in [7, 11) is 0. The molecule has 0 fully saturated rings. The van der Waals surface area contributed by atoms with E-state index in [0.717, 1.165) is 5.56 Å². The van der Waals surface area contributed by atoms with Crippen molar-refractivity contribution in [3.63, 3.8) is 0 Å². The van der Waals surface area contributed by atoms with E-state index in [4.69, 9.17) is 9.47 Å². The molecule has 0 radical (unpaired) electrons. The molecular weight excluding hydrogens is 220 g/mol. The highest BCUT2D eigenvalue weighted by atomic mass is 16.5. The zero-order chi connectivity index (χ0) is 12.7. The number of rotatable bonds is 5. The SMILES string of the molecule is CCOC(=O)[C@@H](COC(C)=O)c1ccccc1. The highest BCUT2D eigenvalue weighted by molar-refractivity contribution is 5.78. The average Bonchev–Trinajstić information content (AvgIpc) is 2.30. The lowest BCUT2D eigenvalue weighted by molar-refractivity contribution is -0.150. The molecule has 0 N–H and O–H groups in total. The van der Waals surface area contributed by atoms with E-state index in [0.29, 0.717) is 6.61 Å². The first-order valence-corrected chi connectivity index (χ1v) is 5.50. The van der Waals surface area contributed by atoms with Gasteiger partial charge in [-0.15, -0.1) is 0 Å². The fraction of sp³-hybridized carbons (Fsp3) is 0.385. The van der Waals surface area contributed by atoms with E-state index >= 15 is 0 Å². The van der Waals surface area contributed by atoms with Gasteiger partial charge >= 0.3 is 11.9 Å². The second-order valence-electron chi connectivity index (χ2n) is 3.52. The van der Waals surface area contributed by atoms with Crippen LogP contribution in [0.4, 0.5) is 0 Å². The maximum atomic E-state index is 11.7. The summed E-state index contributed by atoms with van der Waals surface area (Å²) in [5.74, 6) is -1.34. The van der Waals surface area contributed by atoms with Gasteiger partial charge in [0, 0.05) is 6.92 Å². The Morgan fingerprint density at radius 2 is 1.82 bits per heavy atom. The summed E-state index contributed by atoms with van der Waals surface area (Å²) in [4.78, 5) is 22.5. The van der Waals surface area contributed by atoms with Crippen molar-refractivity contribution in [2.24, 2.45) is 0 Å².